The summed E-state index contributed by atoms with van der Waals surface area (Å²) >= 11 is 0. The summed E-state index contributed by atoms with van der Waals surface area (Å²) < 4.78 is 6.68. The molecule has 1 aromatic heterocycles. The van der Waals surface area contributed by atoms with E-state index in [1.807, 2.05) is 0 Å². The minimum absolute atomic E-state index is 0.311. The van der Waals surface area contributed by atoms with Gasteiger partial charge in [-0.1, -0.05) is 0 Å². The third-order valence-electron chi connectivity index (χ3n) is 2.30. The van der Waals surface area contributed by atoms with Crippen molar-refractivity contribution in [2.24, 2.45) is 0 Å². The number of carboxylic acids is 1. The van der Waals surface area contributed by atoms with Gasteiger partial charge in [-0.15, -0.1) is 0 Å². The fourth-order valence-corrected chi connectivity index (χ4v) is 1.46. The van der Waals surface area contributed by atoms with Crippen molar-refractivity contribution < 1.29 is 19.4 Å². The number of carbonyl (C=O) groups excluding carboxylic acids is 1. The van der Waals surface area contributed by atoms with Gasteiger partial charge in [-0.3, -0.25) is 9.59 Å². The number of carbonyl (C=O) groups is 2. The number of aliphatic carboxylic acids is 1. The van der Waals surface area contributed by atoms with E-state index in [0.29, 0.717) is 18.8 Å². The molecule has 94 valence electrons. The summed E-state index contributed by atoms with van der Waals surface area (Å²) in [5.74, 6) is -1.34. The molecule has 0 spiro atoms. The van der Waals surface area contributed by atoms with Crippen LogP contribution in [-0.4, -0.2) is 53.8 Å². The molecular weight excluding hydrogens is 224 g/mol. The Hall–Kier alpha value is -1.82. The smallest absolute Gasteiger partial charge is 0.323 e. The number of carboxylic acid groups (broad SMARTS) is 1. The molecule has 0 bridgehead atoms. The van der Waals surface area contributed by atoms with E-state index in [1.54, 1.807) is 30.0 Å². The van der Waals surface area contributed by atoms with Crippen molar-refractivity contribution >= 4 is 11.9 Å². The highest BCUT2D eigenvalue weighted by molar-refractivity contribution is 5.94. The zero-order valence-electron chi connectivity index (χ0n) is 9.92. The van der Waals surface area contributed by atoms with Crippen LogP contribution in [0, 0.1) is 0 Å². The molecule has 1 heterocycles. The van der Waals surface area contributed by atoms with Gasteiger partial charge in [0.2, 0.25) is 0 Å². The highest BCUT2D eigenvalue weighted by atomic mass is 16.5. The normalized spacial score (nSPS) is 10.2. The number of rotatable bonds is 6. The standard InChI is InChI=1S/C11H16N2O4/c1-12(8-10(14)15)11(16)9-4-3-5-13(9)6-7-17-2/h3-5H,6-8H2,1-2H3,(H,14,15). The maximum Gasteiger partial charge on any atom is 0.323 e. The van der Waals surface area contributed by atoms with Gasteiger partial charge in [0, 0.05) is 26.9 Å². The Labute approximate surface area is 99.4 Å². The number of likely N-dealkylation sites (N-methyl/N-ethyl adjacent to an activating group) is 1. The second-order valence-electron chi connectivity index (χ2n) is 3.63. The summed E-state index contributed by atoms with van der Waals surface area (Å²) in [5, 5.41) is 8.62. The molecule has 0 radical (unpaired) electrons. The van der Waals surface area contributed by atoms with E-state index in [1.165, 1.54) is 11.9 Å². The molecule has 0 unspecified atom stereocenters. The molecule has 0 aromatic carbocycles. The first-order valence-corrected chi connectivity index (χ1v) is 5.17. The minimum Gasteiger partial charge on any atom is -0.480 e. The van der Waals surface area contributed by atoms with Crippen LogP contribution in [0.3, 0.4) is 0 Å². The maximum atomic E-state index is 11.9. The highest BCUT2D eigenvalue weighted by Gasteiger charge is 2.17. The molecule has 0 saturated heterocycles. The Morgan fingerprint density at radius 3 is 2.82 bits per heavy atom. The lowest BCUT2D eigenvalue weighted by Gasteiger charge is -2.16. The third-order valence-corrected chi connectivity index (χ3v) is 2.30. The van der Waals surface area contributed by atoms with E-state index in [-0.39, 0.29) is 12.5 Å². The third kappa shape index (κ3) is 3.60. The summed E-state index contributed by atoms with van der Waals surface area (Å²) in [6, 6.07) is 3.41. The summed E-state index contributed by atoms with van der Waals surface area (Å²) in [6.07, 6.45) is 1.76. The van der Waals surface area contributed by atoms with E-state index in [0.717, 1.165) is 0 Å². The van der Waals surface area contributed by atoms with E-state index in [4.69, 9.17) is 9.84 Å². The monoisotopic (exact) mass is 240 g/mol. The summed E-state index contributed by atoms with van der Waals surface area (Å²) in [6.45, 7) is 0.747. The van der Waals surface area contributed by atoms with Gasteiger partial charge in [0.05, 0.1) is 6.61 Å². The van der Waals surface area contributed by atoms with E-state index >= 15 is 0 Å². The van der Waals surface area contributed by atoms with Crippen LogP contribution in [0.5, 0.6) is 0 Å². The summed E-state index contributed by atoms with van der Waals surface area (Å²) in [5.41, 5.74) is 0.464. The molecule has 1 amide bonds. The Bertz CT molecular complexity index is 400. The van der Waals surface area contributed by atoms with Crippen LogP contribution in [0.25, 0.3) is 0 Å². The van der Waals surface area contributed by atoms with Crippen LogP contribution < -0.4 is 0 Å². The van der Waals surface area contributed by atoms with Gasteiger partial charge in [-0.2, -0.15) is 0 Å². The van der Waals surface area contributed by atoms with Crippen LogP contribution in [-0.2, 0) is 16.1 Å². The molecule has 6 heteroatoms. The molecule has 1 N–H and O–H groups in total. The largest absolute Gasteiger partial charge is 0.480 e. The van der Waals surface area contributed by atoms with Crippen LogP contribution in [0.2, 0.25) is 0 Å². The number of amides is 1. The second kappa shape index (κ2) is 6.05. The number of hydrogen-bond acceptors (Lipinski definition) is 3. The molecule has 0 atom stereocenters. The Morgan fingerprint density at radius 1 is 1.53 bits per heavy atom. The Morgan fingerprint density at radius 2 is 2.24 bits per heavy atom. The fraction of sp³-hybridized carbons (Fsp3) is 0.455. The topological polar surface area (TPSA) is 71.8 Å². The van der Waals surface area contributed by atoms with Gasteiger partial charge < -0.3 is 19.3 Å². The first-order chi connectivity index (χ1) is 8.06. The number of hydrogen-bond donors (Lipinski definition) is 1. The molecule has 0 aliphatic rings. The van der Waals surface area contributed by atoms with Gasteiger partial charge in [0.15, 0.2) is 0 Å². The molecule has 0 aliphatic heterocycles. The van der Waals surface area contributed by atoms with Crippen LogP contribution in [0.15, 0.2) is 18.3 Å². The van der Waals surface area contributed by atoms with Crippen LogP contribution in [0.4, 0.5) is 0 Å². The molecule has 0 fully saturated rings. The highest BCUT2D eigenvalue weighted by Crippen LogP contribution is 2.05. The van der Waals surface area contributed by atoms with Crippen LogP contribution in [0.1, 0.15) is 10.5 Å². The van der Waals surface area contributed by atoms with Crippen molar-refractivity contribution in [1.29, 1.82) is 0 Å². The van der Waals surface area contributed by atoms with E-state index < -0.39 is 5.97 Å². The van der Waals surface area contributed by atoms with Crippen molar-refractivity contribution in [1.82, 2.24) is 9.47 Å². The van der Waals surface area contributed by atoms with Crippen molar-refractivity contribution in [2.75, 3.05) is 27.3 Å². The zero-order chi connectivity index (χ0) is 12.8. The van der Waals surface area contributed by atoms with Crippen molar-refractivity contribution in [3.05, 3.63) is 24.0 Å². The lowest BCUT2D eigenvalue weighted by molar-refractivity contribution is -0.137. The lowest BCUT2D eigenvalue weighted by atomic mass is 10.3. The molecule has 0 aliphatic carbocycles. The minimum atomic E-state index is -1.03. The van der Waals surface area contributed by atoms with Gasteiger partial charge >= 0.3 is 5.97 Å². The number of methoxy groups -OCH3 is 1. The van der Waals surface area contributed by atoms with Crippen molar-refractivity contribution in [3.63, 3.8) is 0 Å². The van der Waals surface area contributed by atoms with Crippen molar-refractivity contribution in [3.8, 4) is 0 Å². The molecule has 1 aromatic rings. The zero-order valence-corrected chi connectivity index (χ0v) is 9.92. The molecule has 17 heavy (non-hydrogen) atoms. The number of ether oxygens (including phenoxy) is 1. The summed E-state index contributed by atoms with van der Waals surface area (Å²) in [7, 11) is 3.05. The maximum absolute atomic E-state index is 11.9. The molecule has 6 nitrogen and oxygen atoms in total. The molecule has 0 saturated carbocycles. The Kier molecular flexibility index (Phi) is 4.71. The van der Waals surface area contributed by atoms with Gasteiger partial charge in [-0.25, -0.2) is 0 Å². The van der Waals surface area contributed by atoms with Crippen molar-refractivity contribution in [2.45, 2.75) is 6.54 Å². The molecular formula is C11H16N2O4. The first kappa shape index (κ1) is 13.2. The van der Waals surface area contributed by atoms with Crippen LogP contribution >= 0.6 is 0 Å². The fourth-order valence-electron chi connectivity index (χ4n) is 1.46. The second-order valence-corrected chi connectivity index (χ2v) is 3.63. The first-order valence-electron chi connectivity index (χ1n) is 5.17. The average Bonchev–Trinajstić information content (AvgIpc) is 2.72. The van der Waals surface area contributed by atoms with E-state index in [2.05, 4.69) is 0 Å². The van der Waals surface area contributed by atoms with E-state index in [9.17, 15) is 9.59 Å². The Balaban J connectivity index is 2.74. The molecule has 1 rings (SSSR count). The lowest BCUT2D eigenvalue weighted by Crippen LogP contribution is -2.33. The van der Waals surface area contributed by atoms with Gasteiger partial charge in [-0.05, 0) is 12.1 Å². The SMILES string of the molecule is COCCn1cccc1C(=O)N(C)CC(=O)O. The average molecular weight is 240 g/mol. The van der Waals surface area contributed by atoms with Gasteiger partial charge in [0.1, 0.15) is 12.2 Å². The number of nitrogens with zero attached hydrogens (tertiary/aromatic N) is 2. The quantitative estimate of drug-likeness (QED) is 0.775. The predicted molar refractivity (Wildman–Crippen MR) is 60.9 cm³/mol. The predicted octanol–water partition coefficient (Wildman–Crippen LogP) is 0.291. The summed E-state index contributed by atoms with van der Waals surface area (Å²) in [4.78, 5) is 23.6. The number of aromatic nitrogens is 1. The van der Waals surface area contributed by atoms with Gasteiger partial charge in [0.25, 0.3) is 5.91 Å².